The molecule has 4 aromatic rings. The number of rotatable bonds is 3. The van der Waals surface area contributed by atoms with Crippen molar-refractivity contribution in [2.24, 2.45) is 11.8 Å². The maximum Gasteiger partial charge on any atom is 0.255 e. The number of nitrogens with zero attached hydrogens (tertiary/aromatic N) is 1. The number of amides is 3. The minimum Gasteiger partial charge on any atom is -0.322 e. The lowest BCUT2D eigenvalue weighted by molar-refractivity contribution is -0.122. The van der Waals surface area contributed by atoms with Crippen LogP contribution < -0.4 is 10.2 Å². The molecule has 1 aliphatic heterocycles. The van der Waals surface area contributed by atoms with Crippen LogP contribution in [0.4, 0.5) is 11.4 Å². The van der Waals surface area contributed by atoms with Crippen LogP contribution >= 0.6 is 0 Å². The Kier molecular flexibility index (Phi) is 4.92. The van der Waals surface area contributed by atoms with Crippen molar-refractivity contribution in [1.29, 1.82) is 0 Å². The molecule has 0 unspecified atom stereocenters. The maximum absolute atomic E-state index is 13.9. The smallest absolute Gasteiger partial charge is 0.255 e. The largest absolute Gasteiger partial charge is 0.322 e. The van der Waals surface area contributed by atoms with E-state index in [1.54, 1.807) is 24.3 Å². The van der Waals surface area contributed by atoms with Gasteiger partial charge in [-0.25, -0.2) is 4.90 Å². The number of aryl methyl sites for hydroxylation is 2. The summed E-state index contributed by atoms with van der Waals surface area (Å²) in [4.78, 5) is 42.1. The van der Waals surface area contributed by atoms with Crippen LogP contribution in [0.2, 0.25) is 0 Å². The molecule has 1 fully saturated rings. The molecule has 0 aromatic heterocycles. The summed E-state index contributed by atoms with van der Waals surface area (Å²) in [6.45, 7) is 3.98. The van der Waals surface area contributed by atoms with Crippen LogP contribution in [0.5, 0.6) is 0 Å². The first kappa shape index (κ1) is 22.7. The second-order valence-electron chi connectivity index (χ2n) is 10.7. The number of imide groups is 1. The second-order valence-corrected chi connectivity index (χ2v) is 10.7. The minimum absolute atomic E-state index is 0.137. The number of carbonyl (C=O) groups is 3. The number of hydrogen-bond donors (Lipinski definition) is 1. The van der Waals surface area contributed by atoms with Crippen LogP contribution in [0, 0.1) is 25.7 Å². The van der Waals surface area contributed by atoms with E-state index in [1.165, 1.54) is 4.90 Å². The third kappa shape index (κ3) is 3.21. The molecule has 0 radical (unpaired) electrons. The van der Waals surface area contributed by atoms with Crippen LogP contribution in [-0.2, 0) is 9.59 Å². The van der Waals surface area contributed by atoms with Crippen molar-refractivity contribution in [3.8, 4) is 0 Å². The van der Waals surface area contributed by atoms with E-state index >= 15 is 0 Å². The summed E-state index contributed by atoms with van der Waals surface area (Å²) >= 11 is 0. The Balaban J connectivity index is 1.21. The number of carbonyl (C=O) groups excluding carboxylic acids is 3. The zero-order valence-corrected chi connectivity index (χ0v) is 21.1. The van der Waals surface area contributed by atoms with Gasteiger partial charge in [0.05, 0.1) is 17.5 Å². The molecule has 0 saturated carbocycles. The molecule has 3 amide bonds. The molecule has 5 heteroatoms. The summed E-state index contributed by atoms with van der Waals surface area (Å²) < 4.78 is 0. The first-order valence-electron chi connectivity index (χ1n) is 13.0. The predicted octanol–water partition coefficient (Wildman–Crippen LogP) is 5.95. The molecule has 0 spiro atoms. The van der Waals surface area contributed by atoms with Crippen molar-refractivity contribution in [3.63, 3.8) is 0 Å². The fourth-order valence-corrected chi connectivity index (χ4v) is 6.94. The Bertz CT molecular complexity index is 1520. The highest BCUT2D eigenvalue weighted by atomic mass is 16.2. The van der Waals surface area contributed by atoms with Crippen molar-refractivity contribution in [1.82, 2.24) is 0 Å². The molecule has 2 atom stereocenters. The van der Waals surface area contributed by atoms with Crippen LogP contribution in [0.1, 0.15) is 55.6 Å². The molecule has 186 valence electrons. The SMILES string of the molecule is Cc1cc(C)cc(NC(=O)c2ccc(N3C(=O)[C@@H]4C5c6ccccc6C(c6ccccc65)[C@@H]4C3=O)cc2)c1. The van der Waals surface area contributed by atoms with E-state index in [9.17, 15) is 14.4 Å². The summed E-state index contributed by atoms with van der Waals surface area (Å²) in [5.74, 6) is -1.69. The fraction of sp³-hybridized carbons (Fsp3) is 0.182. The lowest BCUT2D eigenvalue weighted by Gasteiger charge is -2.45. The Morgan fingerprint density at radius 1 is 0.658 bits per heavy atom. The van der Waals surface area contributed by atoms with Crippen LogP contribution in [-0.4, -0.2) is 17.7 Å². The zero-order valence-electron chi connectivity index (χ0n) is 21.1. The van der Waals surface area contributed by atoms with Gasteiger partial charge in [0.25, 0.3) is 5.91 Å². The lowest BCUT2D eigenvalue weighted by Crippen LogP contribution is -2.41. The zero-order chi connectivity index (χ0) is 26.1. The van der Waals surface area contributed by atoms with Crippen LogP contribution in [0.15, 0.2) is 91.0 Å². The van der Waals surface area contributed by atoms with Gasteiger partial charge < -0.3 is 5.32 Å². The van der Waals surface area contributed by atoms with Gasteiger partial charge in [-0.05, 0) is 83.6 Å². The van der Waals surface area contributed by atoms with Crippen molar-refractivity contribution in [3.05, 3.63) is 130 Å². The normalized spacial score (nSPS) is 22.6. The Morgan fingerprint density at radius 2 is 1.11 bits per heavy atom. The third-order valence-electron chi connectivity index (χ3n) is 8.32. The lowest BCUT2D eigenvalue weighted by atomic mass is 9.55. The molecule has 5 nitrogen and oxygen atoms in total. The quantitative estimate of drug-likeness (QED) is 0.355. The van der Waals surface area contributed by atoms with Crippen molar-refractivity contribution < 1.29 is 14.4 Å². The van der Waals surface area contributed by atoms with Gasteiger partial charge in [-0.2, -0.15) is 0 Å². The molecular formula is C33H26N2O3. The number of hydrogen-bond acceptors (Lipinski definition) is 3. The van der Waals surface area contributed by atoms with Gasteiger partial charge >= 0.3 is 0 Å². The van der Waals surface area contributed by atoms with Gasteiger partial charge in [-0.1, -0.05) is 54.6 Å². The Hall–Kier alpha value is -4.51. The minimum atomic E-state index is -0.426. The number of benzene rings is 4. The highest BCUT2D eigenvalue weighted by Crippen LogP contribution is 2.61. The summed E-state index contributed by atoms with van der Waals surface area (Å²) in [6, 6.07) is 29.1. The van der Waals surface area contributed by atoms with E-state index in [2.05, 4.69) is 35.6 Å². The maximum atomic E-state index is 13.9. The van der Waals surface area contributed by atoms with Crippen molar-refractivity contribution in [2.45, 2.75) is 25.7 Å². The second kappa shape index (κ2) is 8.25. The predicted molar refractivity (Wildman–Crippen MR) is 146 cm³/mol. The van der Waals surface area contributed by atoms with Gasteiger partial charge in [0.1, 0.15) is 0 Å². The van der Waals surface area contributed by atoms with Crippen LogP contribution in [0.3, 0.4) is 0 Å². The highest BCUT2D eigenvalue weighted by Gasteiger charge is 2.61. The molecule has 1 saturated heterocycles. The molecule has 1 N–H and O–H groups in total. The third-order valence-corrected chi connectivity index (χ3v) is 8.32. The summed E-state index contributed by atoms with van der Waals surface area (Å²) in [5, 5.41) is 2.94. The van der Waals surface area contributed by atoms with Crippen LogP contribution in [0.25, 0.3) is 0 Å². The molecule has 8 rings (SSSR count). The topological polar surface area (TPSA) is 66.5 Å². The molecule has 4 aliphatic rings. The number of anilines is 2. The molecule has 2 bridgehead atoms. The van der Waals surface area contributed by atoms with Gasteiger partial charge in [-0.15, -0.1) is 0 Å². The average Bonchev–Trinajstić information content (AvgIpc) is 3.18. The number of nitrogens with one attached hydrogen (secondary N) is 1. The van der Waals surface area contributed by atoms with Gasteiger partial charge in [0.15, 0.2) is 0 Å². The molecule has 38 heavy (non-hydrogen) atoms. The first-order valence-corrected chi connectivity index (χ1v) is 13.0. The summed E-state index contributed by atoms with van der Waals surface area (Å²) in [6.07, 6.45) is 0. The van der Waals surface area contributed by atoms with Gasteiger partial charge in [0.2, 0.25) is 11.8 Å². The fourth-order valence-electron chi connectivity index (χ4n) is 6.94. The van der Waals surface area contributed by atoms with E-state index < -0.39 is 11.8 Å². The van der Waals surface area contributed by atoms with Crippen molar-refractivity contribution >= 4 is 29.1 Å². The summed E-state index contributed by atoms with van der Waals surface area (Å²) in [5.41, 5.74) is 8.45. The first-order chi connectivity index (χ1) is 18.4. The van der Waals surface area contributed by atoms with E-state index in [0.717, 1.165) is 39.1 Å². The molecular weight excluding hydrogens is 472 g/mol. The molecule has 3 aliphatic carbocycles. The van der Waals surface area contributed by atoms with Gasteiger partial charge in [0, 0.05) is 23.1 Å². The Labute approximate surface area is 221 Å². The van der Waals surface area contributed by atoms with E-state index in [-0.39, 0.29) is 29.6 Å². The van der Waals surface area contributed by atoms with Crippen molar-refractivity contribution in [2.75, 3.05) is 10.2 Å². The van der Waals surface area contributed by atoms with Gasteiger partial charge in [-0.3, -0.25) is 14.4 Å². The van der Waals surface area contributed by atoms with E-state index in [4.69, 9.17) is 0 Å². The summed E-state index contributed by atoms with van der Waals surface area (Å²) in [7, 11) is 0. The highest BCUT2D eigenvalue weighted by molar-refractivity contribution is 6.23. The monoisotopic (exact) mass is 498 g/mol. The molecule has 4 aromatic carbocycles. The van der Waals surface area contributed by atoms with E-state index in [1.807, 2.05) is 50.2 Å². The standard InChI is InChI=1S/C33H26N2O3/c1-18-15-19(2)17-21(16-18)34-31(36)20-11-13-22(14-12-20)35-32(37)29-27-23-7-3-4-8-24(23)28(30(29)33(35)38)26-10-6-5-9-25(26)27/h3-17,27-30H,1-2H3,(H,34,36)/t27?,28?,29-,30+. The Morgan fingerprint density at radius 3 is 1.55 bits per heavy atom. The van der Waals surface area contributed by atoms with E-state index in [0.29, 0.717) is 11.3 Å². The average molecular weight is 499 g/mol. The molecule has 1 heterocycles.